The Morgan fingerprint density at radius 1 is 1.26 bits per heavy atom. The molecule has 2 saturated heterocycles. The van der Waals surface area contributed by atoms with E-state index in [0.717, 1.165) is 4.90 Å². The molecular formula is C22H23FN2O5S. The SMILES string of the molecule is CCOC(=O)[C@@]1(CCSC)N[C@@H](c2ccco2)[C@H]2C(=O)N(c3ccccc3F)C(=O)[C@@H]21. The molecule has 7 nitrogen and oxygen atoms in total. The summed E-state index contributed by atoms with van der Waals surface area (Å²) in [7, 11) is 0. The predicted molar refractivity (Wildman–Crippen MR) is 113 cm³/mol. The first-order valence-corrected chi connectivity index (χ1v) is 11.4. The normalized spacial score (nSPS) is 27.6. The van der Waals surface area contributed by atoms with Crippen molar-refractivity contribution in [1.29, 1.82) is 0 Å². The van der Waals surface area contributed by atoms with Crippen LogP contribution in [0.3, 0.4) is 0 Å². The van der Waals surface area contributed by atoms with Crippen LogP contribution in [0, 0.1) is 17.7 Å². The summed E-state index contributed by atoms with van der Waals surface area (Å²) in [5.41, 5.74) is -1.54. The van der Waals surface area contributed by atoms with Crippen LogP contribution in [0.15, 0.2) is 47.1 Å². The Bertz CT molecular complexity index is 998. The van der Waals surface area contributed by atoms with E-state index in [1.54, 1.807) is 25.1 Å². The number of para-hydroxylation sites is 1. The third-order valence-corrected chi connectivity index (χ3v) is 6.55. The molecule has 2 aliphatic rings. The number of amides is 2. The Labute approximate surface area is 183 Å². The molecule has 0 radical (unpaired) electrons. The van der Waals surface area contributed by atoms with Crippen molar-refractivity contribution in [1.82, 2.24) is 5.32 Å². The van der Waals surface area contributed by atoms with Crippen LogP contribution in [-0.2, 0) is 19.1 Å². The minimum atomic E-state index is -1.42. The van der Waals surface area contributed by atoms with Gasteiger partial charge in [-0.05, 0) is 49.6 Å². The van der Waals surface area contributed by atoms with Crippen molar-refractivity contribution in [2.24, 2.45) is 11.8 Å². The number of carbonyl (C=O) groups is 3. The molecule has 164 valence electrons. The highest BCUT2D eigenvalue weighted by Crippen LogP contribution is 2.51. The van der Waals surface area contributed by atoms with Gasteiger partial charge in [0, 0.05) is 0 Å². The number of anilines is 1. The predicted octanol–water partition coefficient (Wildman–Crippen LogP) is 2.92. The quantitative estimate of drug-likeness (QED) is 0.517. The second-order valence-electron chi connectivity index (χ2n) is 7.54. The number of carbonyl (C=O) groups excluding carboxylic acids is 3. The Kier molecular flexibility index (Phi) is 5.90. The van der Waals surface area contributed by atoms with Gasteiger partial charge in [0.15, 0.2) is 0 Å². The lowest BCUT2D eigenvalue weighted by molar-refractivity contribution is -0.154. The molecule has 4 atom stereocenters. The van der Waals surface area contributed by atoms with Gasteiger partial charge in [0.1, 0.15) is 17.1 Å². The molecule has 0 spiro atoms. The molecule has 0 bridgehead atoms. The average Bonchev–Trinajstić information content (AvgIpc) is 3.45. The number of thioether (sulfide) groups is 1. The summed E-state index contributed by atoms with van der Waals surface area (Å²) in [5, 5.41) is 3.23. The standard InChI is InChI=1S/C22H23FN2O5S/c1-3-29-21(28)22(10-12-31-2)17-16(18(24-22)15-9-6-11-30-15)19(26)25(20(17)27)14-8-5-4-7-13(14)23/h4-9,11,16-18,24H,3,10,12H2,1-2H3/t16-,17+,18-,22-/m0/s1. The molecule has 0 unspecified atom stereocenters. The number of furan rings is 1. The number of nitrogens with zero attached hydrogens (tertiary/aromatic N) is 1. The Hall–Kier alpha value is -2.65. The Balaban J connectivity index is 1.85. The fourth-order valence-corrected chi connectivity index (χ4v) is 5.15. The van der Waals surface area contributed by atoms with E-state index in [0.29, 0.717) is 11.5 Å². The van der Waals surface area contributed by atoms with E-state index in [1.807, 2.05) is 6.26 Å². The molecule has 31 heavy (non-hydrogen) atoms. The number of esters is 1. The van der Waals surface area contributed by atoms with Crippen LogP contribution in [-0.4, -0.2) is 41.9 Å². The fraction of sp³-hybridized carbons (Fsp3) is 0.409. The second-order valence-corrected chi connectivity index (χ2v) is 8.52. The molecule has 1 aromatic carbocycles. The summed E-state index contributed by atoms with van der Waals surface area (Å²) in [6, 6.07) is 8.26. The number of ether oxygens (including phenoxy) is 1. The lowest BCUT2D eigenvalue weighted by Gasteiger charge is -2.32. The van der Waals surface area contributed by atoms with Crippen molar-refractivity contribution in [3.05, 3.63) is 54.2 Å². The minimum absolute atomic E-state index is 0.118. The van der Waals surface area contributed by atoms with Crippen molar-refractivity contribution in [2.45, 2.75) is 24.9 Å². The van der Waals surface area contributed by atoms with E-state index in [9.17, 15) is 18.8 Å². The van der Waals surface area contributed by atoms with Crippen LogP contribution in [0.25, 0.3) is 0 Å². The van der Waals surface area contributed by atoms with Crippen molar-refractivity contribution in [2.75, 3.05) is 23.5 Å². The summed E-state index contributed by atoms with van der Waals surface area (Å²) in [6.45, 7) is 1.81. The number of hydrogen-bond donors (Lipinski definition) is 1. The molecule has 2 amide bonds. The highest BCUT2D eigenvalue weighted by atomic mass is 32.2. The molecule has 2 aromatic rings. The van der Waals surface area contributed by atoms with Gasteiger partial charge in [0.05, 0.1) is 36.4 Å². The number of benzene rings is 1. The zero-order valence-electron chi connectivity index (χ0n) is 17.2. The molecule has 3 heterocycles. The van der Waals surface area contributed by atoms with E-state index in [1.165, 1.54) is 36.2 Å². The lowest BCUT2D eigenvalue weighted by atomic mass is 9.78. The topological polar surface area (TPSA) is 88.8 Å². The van der Waals surface area contributed by atoms with Crippen LogP contribution in [0.1, 0.15) is 25.1 Å². The maximum Gasteiger partial charge on any atom is 0.327 e. The molecule has 0 aliphatic carbocycles. The van der Waals surface area contributed by atoms with E-state index in [4.69, 9.17) is 9.15 Å². The molecule has 2 fully saturated rings. The molecule has 2 aliphatic heterocycles. The monoisotopic (exact) mass is 446 g/mol. The van der Waals surface area contributed by atoms with Gasteiger partial charge in [-0.15, -0.1) is 0 Å². The average molecular weight is 447 g/mol. The van der Waals surface area contributed by atoms with Gasteiger partial charge in [-0.25, -0.2) is 9.29 Å². The summed E-state index contributed by atoms with van der Waals surface area (Å²) >= 11 is 1.52. The summed E-state index contributed by atoms with van der Waals surface area (Å²) in [4.78, 5) is 41.2. The molecule has 0 saturated carbocycles. The van der Waals surface area contributed by atoms with Gasteiger partial charge in [-0.2, -0.15) is 11.8 Å². The highest BCUT2D eigenvalue weighted by molar-refractivity contribution is 7.98. The van der Waals surface area contributed by atoms with Crippen LogP contribution in [0.2, 0.25) is 0 Å². The first-order valence-electron chi connectivity index (χ1n) is 10.1. The second kappa shape index (κ2) is 8.47. The van der Waals surface area contributed by atoms with E-state index in [2.05, 4.69) is 5.32 Å². The smallest absolute Gasteiger partial charge is 0.327 e. The van der Waals surface area contributed by atoms with Gasteiger partial charge in [0.2, 0.25) is 11.8 Å². The Morgan fingerprint density at radius 3 is 2.68 bits per heavy atom. The number of halogens is 1. The van der Waals surface area contributed by atoms with Crippen molar-refractivity contribution >= 4 is 35.2 Å². The van der Waals surface area contributed by atoms with E-state index in [-0.39, 0.29) is 18.7 Å². The van der Waals surface area contributed by atoms with Crippen LogP contribution < -0.4 is 10.2 Å². The van der Waals surface area contributed by atoms with Gasteiger partial charge in [0.25, 0.3) is 0 Å². The number of imide groups is 1. The molecule has 4 rings (SSSR count). The summed E-state index contributed by atoms with van der Waals surface area (Å²) in [5.74, 6) is -3.43. The maximum absolute atomic E-state index is 14.5. The van der Waals surface area contributed by atoms with Crippen LogP contribution in [0.5, 0.6) is 0 Å². The first-order chi connectivity index (χ1) is 15.0. The van der Waals surface area contributed by atoms with E-state index >= 15 is 0 Å². The van der Waals surface area contributed by atoms with Crippen LogP contribution in [0.4, 0.5) is 10.1 Å². The lowest BCUT2D eigenvalue weighted by Crippen LogP contribution is -2.57. The molecule has 1 N–H and O–H groups in total. The minimum Gasteiger partial charge on any atom is -0.468 e. The van der Waals surface area contributed by atoms with Crippen molar-refractivity contribution in [3.63, 3.8) is 0 Å². The molecule has 1 aromatic heterocycles. The fourth-order valence-electron chi connectivity index (χ4n) is 4.63. The van der Waals surface area contributed by atoms with Crippen LogP contribution >= 0.6 is 11.8 Å². The van der Waals surface area contributed by atoms with E-state index < -0.39 is 47.0 Å². The van der Waals surface area contributed by atoms with Crippen molar-refractivity contribution in [3.8, 4) is 0 Å². The molecule has 9 heteroatoms. The maximum atomic E-state index is 14.5. The summed E-state index contributed by atoms with van der Waals surface area (Å²) < 4.78 is 25.4. The highest BCUT2D eigenvalue weighted by Gasteiger charge is 2.69. The zero-order chi connectivity index (χ0) is 22.2. The number of fused-ring (bicyclic) bond motifs is 1. The third-order valence-electron chi connectivity index (χ3n) is 5.94. The van der Waals surface area contributed by atoms with Gasteiger partial charge in [-0.1, -0.05) is 12.1 Å². The third kappa shape index (κ3) is 3.36. The summed E-state index contributed by atoms with van der Waals surface area (Å²) in [6.07, 6.45) is 3.63. The van der Waals surface area contributed by atoms with Gasteiger partial charge in [-0.3, -0.25) is 19.7 Å². The van der Waals surface area contributed by atoms with Crippen molar-refractivity contribution < 1.29 is 27.9 Å². The van der Waals surface area contributed by atoms with Gasteiger partial charge >= 0.3 is 5.97 Å². The number of hydrogen-bond acceptors (Lipinski definition) is 7. The number of nitrogens with one attached hydrogen (secondary N) is 1. The molecular weight excluding hydrogens is 423 g/mol. The van der Waals surface area contributed by atoms with Gasteiger partial charge < -0.3 is 9.15 Å². The Morgan fingerprint density at radius 2 is 2.03 bits per heavy atom. The largest absolute Gasteiger partial charge is 0.468 e. The number of rotatable bonds is 7. The first kappa shape index (κ1) is 21.6. The zero-order valence-corrected chi connectivity index (χ0v) is 18.0.